The van der Waals surface area contributed by atoms with Gasteiger partial charge in [-0.15, -0.1) is 0 Å². The van der Waals surface area contributed by atoms with Gasteiger partial charge in [-0.1, -0.05) is 6.92 Å². The van der Waals surface area contributed by atoms with Crippen LogP contribution in [0.2, 0.25) is 0 Å². The lowest BCUT2D eigenvalue weighted by atomic mass is 9.79. The van der Waals surface area contributed by atoms with Gasteiger partial charge < -0.3 is 0 Å². The molecular weight excluding hydrogens is 396 g/mol. The highest BCUT2D eigenvalue weighted by Gasteiger charge is 2.80. The second-order valence-electron chi connectivity index (χ2n) is 6.65. The molecule has 0 saturated heterocycles. The fourth-order valence-corrected chi connectivity index (χ4v) is 2.66. The first kappa shape index (κ1) is 23.2. The van der Waals surface area contributed by atoms with Gasteiger partial charge in [0.1, 0.15) is 0 Å². The van der Waals surface area contributed by atoms with Crippen LogP contribution in [0.4, 0.5) is 52.7 Å². The van der Waals surface area contributed by atoms with Crippen molar-refractivity contribution < 1.29 is 52.7 Å². The number of rotatable bonds is 1. The third-order valence-electron chi connectivity index (χ3n) is 4.83. The van der Waals surface area contributed by atoms with Gasteiger partial charge in [0, 0.05) is 12.8 Å². The van der Waals surface area contributed by atoms with Crippen molar-refractivity contribution in [3.63, 3.8) is 0 Å². The van der Waals surface area contributed by atoms with Gasteiger partial charge in [0.05, 0.1) is 0 Å². The second kappa shape index (κ2) is 6.08. The zero-order chi connectivity index (χ0) is 21.0. The molecule has 0 aromatic rings. The highest BCUT2D eigenvalue weighted by Crippen LogP contribution is 2.59. The van der Waals surface area contributed by atoms with Crippen molar-refractivity contribution in [1.82, 2.24) is 0 Å². The zero-order valence-corrected chi connectivity index (χ0v) is 13.6. The summed E-state index contributed by atoms with van der Waals surface area (Å²) in [6.45, 7) is 1.35. The summed E-state index contributed by atoms with van der Waals surface area (Å²) in [5, 5.41) is 0. The van der Waals surface area contributed by atoms with Gasteiger partial charge in [-0.25, -0.2) is 8.78 Å². The minimum Gasteiger partial charge on any atom is -0.237 e. The average molecular weight is 412 g/mol. The topological polar surface area (TPSA) is 0 Å². The predicted molar refractivity (Wildman–Crippen MR) is 66.8 cm³/mol. The van der Waals surface area contributed by atoms with Crippen molar-refractivity contribution in [3.8, 4) is 0 Å². The van der Waals surface area contributed by atoms with Crippen molar-refractivity contribution in [3.05, 3.63) is 0 Å². The molecule has 0 N–H and O–H groups in total. The Morgan fingerprint density at radius 3 is 1.19 bits per heavy atom. The normalized spacial score (nSPS) is 39.0. The monoisotopic (exact) mass is 412 g/mol. The molecular formula is C14H16F12. The molecule has 2 atom stereocenters. The molecule has 0 nitrogen and oxygen atoms in total. The van der Waals surface area contributed by atoms with Gasteiger partial charge >= 0.3 is 29.6 Å². The van der Waals surface area contributed by atoms with Gasteiger partial charge in [0.15, 0.2) is 11.3 Å². The molecule has 0 bridgehead atoms. The Morgan fingerprint density at radius 1 is 0.538 bits per heavy atom. The van der Waals surface area contributed by atoms with Crippen LogP contribution in [0.15, 0.2) is 0 Å². The maximum absolute atomic E-state index is 13.1. The molecule has 0 aromatic carbocycles. The molecule has 2 aliphatic carbocycles. The van der Waals surface area contributed by atoms with Crippen molar-refractivity contribution in [2.75, 3.05) is 0 Å². The first-order valence-corrected chi connectivity index (χ1v) is 7.49. The maximum atomic E-state index is 13.1. The molecule has 0 aromatic heterocycles. The van der Waals surface area contributed by atoms with Crippen LogP contribution in [0.25, 0.3) is 0 Å². The van der Waals surface area contributed by atoms with E-state index in [1.165, 1.54) is 0 Å². The lowest BCUT2D eigenvalue weighted by Crippen LogP contribution is -2.66. The largest absolute Gasteiger partial charge is 0.375 e. The molecule has 0 spiro atoms. The maximum Gasteiger partial charge on any atom is 0.375 e. The first-order chi connectivity index (χ1) is 11.2. The number of hydrogen-bond acceptors (Lipinski definition) is 0. The summed E-state index contributed by atoms with van der Waals surface area (Å²) in [5.74, 6) is -24.5. The summed E-state index contributed by atoms with van der Waals surface area (Å²) in [4.78, 5) is 0. The molecule has 0 heterocycles. The standard InChI is InChI=1S/C7H7F7.C7H9F5/c1-4(8)2-3-5(9,10)7(13,14)6(4,11)12;1-2-5(8)3-4-6(9,10)7(5,11)12/h2-3H2,1H3;2-4H2,1H3. The van der Waals surface area contributed by atoms with Crippen LogP contribution >= 0.6 is 0 Å². The predicted octanol–water partition coefficient (Wildman–Crippen LogP) is 6.58. The van der Waals surface area contributed by atoms with Crippen molar-refractivity contribution in [2.24, 2.45) is 0 Å². The smallest absolute Gasteiger partial charge is 0.237 e. The van der Waals surface area contributed by atoms with E-state index < -0.39 is 73.1 Å². The van der Waals surface area contributed by atoms with Gasteiger partial charge in [-0.3, -0.25) is 0 Å². The molecule has 0 aliphatic heterocycles. The van der Waals surface area contributed by atoms with Crippen LogP contribution in [0.3, 0.4) is 0 Å². The Balaban J connectivity index is 0.000000263. The van der Waals surface area contributed by atoms with Gasteiger partial charge in [0.2, 0.25) is 0 Å². The van der Waals surface area contributed by atoms with Crippen LogP contribution in [0.5, 0.6) is 0 Å². The SMILES string of the molecule is CC1(F)CCC(F)(F)C(F)(F)C1(F)F.CCC1(F)CCC(F)(F)C1(F)F. The molecule has 2 saturated carbocycles. The molecule has 12 heteroatoms. The quantitative estimate of drug-likeness (QED) is 0.427. The van der Waals surface area contributed by atoms with E-state index in [2.05, 4.69) is 0 Å². The minimum atomic E-state index is -5.64. The fraction of sp³-hybridized carbons (Fsp3) is 1.00. The molecule has 2 aliphatic rings. The van der Waals surface area contributed by atoms with E-state index in [0.29, 0.717) is 0 Å². The van der Waals surface area contributed by atoms with Crippen LogP contribution < -0.4 is 0 Å². The van der Waals surface area contributed by atoms with Crippen LogP contribution in [0.1, 0.15) is 46.0 Å². The van der Waals surface area contributed by atoms with Crippen molar-refractivity contribution in [1.29, 1.82) is 0 Å². The van der Waals surface area contributed by atoms with Crippen LogP contribution in [0, 0.1) is 0 Å². The average Bonchev–Trinajstić information content (AvgIpc) is 2.65. The van der Waals surface area contributed by atoms with E-state index in [1.54, 1.807) is 0 Å². The summed E-state index contributed by atoms with van der Waals surface area (Å²) < 4.78 is 151. The van der Waals surface area contributed by atoms with E-state index in [4.69, 9.17) is 0 Å². The molecule has 0 amide bonds. The lowest BCUT2D eigenvalue weighted by molar-refractivity contribution is -0.365. The van der Waals surface area contributed by atoms with E-state index in [9.17, 15) is 52.7 Å². The summed E-state index contributed by atoms with van der Waals surface area (Å²) in [5.41, 5.74) is -6.62. The molecule has 0 radical (unpaired) electrons. The zero-order valence-electron chi connectivity index (χ0n) is 13.6. The van der Waals surface area contributed by atoms with Gasteiger partial charge in [-0.05, 0) is 26.2 Å². The minimum absolute atomic E-state index is 0.205. The Kier molecular flexibility index (Phi) is 5.43. The molecule has 2 unspecified atom stereocenters. The van der Waals surface area contributed by atoms with Crippen molar-refractivity contribution in [2.45, 2.75) is 86.9 Å². The van der Waals surface area contributed by atoms with Crippen LogP contribution in [-0.2, 0) is 0 Å². The number of halogens is 12. The molecule has 26 heavy (non-hydrogen) atoms. The highest BCUT2D eigenvalue weighted by molar-refractivity contribution is 5.10. The van der Waals surface area contributed by atoms with Gasteiger partial charge in [-0.2, -0.15) is 43.9 Å². The second-order valence-corrected chi connectivity index (χ2v) is 6.65. The lowest BCUT2D eigenvalue weighted by Gasteiger charge is -2.43. The highest BCUT2D eigenvalue weighted by atomic mass is 19.4. The van der Waals surface area contributed by atoms with Crippen LogP contribution in [-0.4, -0.2) is 41.0 Å². The summed E-state index contributed by atoms with van der Waals surface area (Å²) in [6.07, 6.45) is -5.27. The molecule has 2 rings (SSSR count). The Bertz CT molecular complexity index is 498. The van der Waals surface area contributed by atoms with E-state index >= 15 is 0 Å². The Labute approximate surface area is 140 Å². The number of hydrogen-bond donors (Lipinski definition) is 0. The first-order valence-electron chi connectivity index (χ1n) is 7.49. The third-order valence-corrected chi connectivity index (χ3v) is 4.83. The summed E-state index contributed by atoms with van der Waals surface area (Å²) >= 11 is 0. The molecule has 156 valence electrons. The van der Waals surface area contributed by atoms with E-state index in [1.807, 2.05) is 0 Å². The Hall–Kier alpha value is -0.840. The third kappa shape index (κ3) is 3.04. The molecule has 2 fully saturated rings. The number of alkyl halides is 12. The fourth-order valence-electron chi connectivity index (χ4n) is 2.66. The van der Waals surface area contributed by atoms with Crippen molar-refractivity contribution >= 4 is 0 Å². The van der Waals surface area contributed by atoms with E-state index in [-0.39, 0.29) is 6.92 Å². The summed E-state index contributed by atoms with van der Waals surface area (Å²) in [7, 11) is 0. The van der Waals surface area contributed by atoms with Gasteiger partial charge in [0.25, 0.3) is 0 Å². The van der Waals surface area contributed by atoms with E-state index in [0.717, 1.165) is 6.92 Å². The Morgan fingerprint density at radius 2 is 0.923 bits per heavy atom. The summed E-state index contributed by atoms with van der Waals surface area (Å²) in [6, 6.07) is 0.